The van der Waals surface area contributed by atoms with Gasteiger partial charge in [-0.05, 0) is 213 Å². The van der Waals surface area contributed by atoms with Crippen molar-refractivity contribution in [1.29, 1.82) is 0 Å². The Morgan fingerprint density at radius 3 is 0.993 bits per heavy atom. The predicted octanol–water partition coefficient (Wildman–Crippen LogP) is 19.1. The Kier molecular flexibility index (Phi) is 32.7. The summed E-state index contributed by atoms with van der Waals surface area (Å²) in [4.78, 5) is 132. The zero-order valence-corrected chi connectivity index (χ0v) is 84.8. The molecule has 4 N–H and O–H groups in total. The fourth-order valence-electron chi connectivity index (χ4n) is 17.7. The van der Waals surface area contributed by atoms with Crippen molar-refractivity contribution in [2.45, 2.75) is 249 Å². The molecule has 9 aromatic heterocycles. The number of carbonyl (C=O) groups is 3. The fourth-order valence-corrected chi connectivity index (χ4v) is 17.8. The van der Waals surface area contributed by atoms with E-state index < -0.39 is 109 Å². The van der Waals surface area contributed by atoms with Gasteiger partial charge in [0.25, 0.3) is 0 Å². The number of anilines is 3. The summed E-state index contributed by atoms with van der Waals surface area (Å²) in [6.07, 6.45) is 10.6. The zero-order chi connectivity index (χ0) is 105. The van der Waals surface area contributed by atoms with Crippen LogP contribution in [0.5, 0.6) is 23.0 Å². The van der Waals surface area contributed by atoms with Gasteiger partial charge in [-0.25, -0.2) is 79.0 Å². The molecule has 0 saturated carbocycles. The van der Waals surface area contributed by atoms with Crippen LogP contribution in [0.2, 0.25) is 5.15 Å². The lowest BCUT2D eigenvalue weighted by molar-refractivity contribution is -0.128. The standard InChI is InChI=1S/C35H42F2N6O4.C33H36F2N6O3.C29H38ClFN6O3.C6H5BFO3/c1-18(2)23-14-38-15-24(19(3)4)30(23)43-32-22(13-26(37)29(39-32)28-25(36)11-10-12-27(28)44)31(40-33(43)45)41-16-21(6)42(17-20(41)5)34(46)47-35(7,8)9;1-8-27(43)39-15-20(7)40(16-19(39)6)31-21-12-25(35)29(28-24(34)10-9-11-26(28)42)37-32(21)41(33(44)38-31)30-22(17(2)3)13-36-14-23(30)18(4)5;1-15(2)20-11-32-12-21(16(3)4)23(20)37-26-19(10-22(31)24(30)33-26)25(34-27(37)38)35-13-18(6)36(14-17(35)5)28(39)40-29(7,8)9;8-4-2-1-3-5(9)6(4)11-7-10/h10-15,18-21,44H,16-17H2,1-9H3;8-14,17-20,42H,1,15-16H2,2-7H3;10-12,15-18H,13-14H2,1-9H3;1-3,9-10H/t20-,21+;19-,20+;17-,18+;/m010./s1. The van der Waals surface area contributed by atoms with E-state index in [1.807, 2.05) is 160 Å². The molecule has 1 radical (unpaired) electrons. The van der Waals surface area contributed by atoms with E-state index >= 15 is 17.6 Å². The summed E-state index contributed by atoms with van der Waals surface area (Å²) < 4.78 is 109. The highest BCUT2D eigenvalue weighted by molar-refractivity contribution is 6.30. The Labute approximate surface area is 825 Å². The van der Waals surface area contributed by atoms with Crippen molar-refractivity contribution >= 4 is 87.9 Å². The lowest BCUT2D eigenvalue weighted by atomic mass is 9.95. The molecule has 3 fully saturated rings. The van der Waals surface area contributed by atoms with E-state index in [4.69, 9.17) is 31.2 Å². The molecule has 12 heterocycles. The number of halogens is 7. The normalized spacial score (nSPS) is 16.9. The Morgan fingerprint density at radius 2 is 0.704 bits per heavy atom. The van der Waals surface area contributed by atoms with Crippen molar-refractivity contribution in [2.75, 3.05) is 54.0 Å². The minimum atomic E-state index is -0.901. The number of piperazine rings is 3. The van der Waals surface area contributed by atoms with Gasteiger partial charge in [0.2, 0.25) is 5.91 Å². The minimum absolute atomic E-state index is 0.0422. The number of amides is 3. The fraction of sp³-hybridized carbons (Fsp3) is 0.427. The number of benzene rings is 3. The molecular formula is C103H121BClF6N18O13. The smallest absolute Gasteiger partial charge is 0.533 e. The van der Waals surface area contributed by atoms with Crippen molar-refractivity contribution in [3.8, 4) is 62.6 Å². The van der Waals surface area contributed by atoms with Crippen LogP contribution in [0.4, 0.5) is 53.4 Å². The Balaban J connectivity index is 0.000000180. The number of phenolic OH excluding ortho intramolecular Hbond substituents is 3. The molecule has 753 valence electrons. The van der Waals surface area contributed by atoms with Crippen LogP contribution < -0.4 is 36.4 Å². The third-order valence-electron chi connectivity index (χ3n) is 24.7. The maximum absolute atomic E-state index is 16.1. The Morgan fingerprint density at radius 1 is 0.415 bits per heavy atom. The number of para-hydroxylation sites is 1. The highest BCUT2D eigenvalue weighted by Gasteiger charge is 2.42. The zero-order valence-electron chi connectivity index (χ0n) is 84.1. The lowest BCUT2D eigenvalue weighted by Gasteiger charge is -2.44. The van der Waals surface area contributed by atoms with Crippen LogP contribution in [0.1, 0.15) is 235 Å². The quantitative estimate of drug-likeness (QED) is 0.0285. The van der Waals surface area contributed by atoms with E-state index in [2.05, 4.69) is 56.1 Å². The topological polar surface area (TPSA) is 361 Å². The van der Waals surface area contributed by atoms with E-state index in [9.17, 15) is 47.8 Å². The van der Waals surface area contributed by atoms with Crippen LogP contribution in [-0.2, 0) is 14.3 Å². The molecular weight excluding hydrogens is 1860 g/mol. The number of carbonyl (C=O) groups excluding carboxylic acids is 3. The van der Waals surface area contributed by atoms with E-state index in [1.54, 1.807) is 72.7 Å². The number of hydrogen-bond acceptors (Lipinski definition) is 25. The molecule has 3 saturated heterocycles. The molecule has 0 bridgehead atoms. The van der Waals surface area contributed by atoms with Crippen LogP contribution >= 0.6 is 11.6 Å². The molecule has 0 spiro atoms. The third-order valence-corrected chi connectivity index (χ3v) is 25.0. The molecule has 15 rings (SSSR count). The molecule has 3 amide bonds. The van der Waals surface area contributed by atoms with Gasteiger partial charge < -0.3 is 63.9 Å². The lowest BCUT2D eigenvalue weighted by Crippen LogP contribution is -2.59. The number of aromatic nitrogens is 12. The van der Waals surface area contributed by atoms with Gasteiger partial charge in [0.15, 0.2) is 56.9 Å². The van der Waals surface area contributed by atoms with Gasteiger partial charge in [0, 0.05) is 113 Å². The Bertz CT molecular complexity index is 6860. The SMILES string of the molecule is C=CC(=O)N1C[C@H](C)N(c2nc(=O)n(-c3c(C(C)C)cncc3C(C)C)c3nc(-c4c(O)cccc4F)c(F)cc23)C[C@H]1C.CC(C)c1cncc(C(C)C)c1-n1c(=O)nc(N2C[C@@H](C)N(C(=O)OC(C)(C)C)C[C@@H]2C)c2cc(F)c(-c3c(O)cccc3F)nc21.CC(C)c1cncc(C(C)C)c1-n1c(=O)nc(N2C[C@@H](C)N(C(=O)OC(C)(C)C)C[C@@H]2C)c2cc(F)c(Cl)nc21.O[B]Oc1c(O)cccc1F. The first-order chi connectivity index (χ1) is 66.7. The number of phenols is 3. The second-order valence-electron chi connectivity index (χ2n) is 39.7. The molecule has 3 aliphatic rings. The average Bonchev–Trinajstić information content (AvgIpc) is 0.735. The van der Waals surface area contributed by atoms with Crippen LogP contribution in [0.3, 0.4) is 0 Å². The van der Waals surface area contributed by atoms with E-state index in [-0.39, 0.29) is 147 Å². The summed E-state index contributed by atoms with van der Waals surface area (Å²) >= 11 is 6.19. The summed E-state index contributed by atoms with van der Waals surface area (Å²) in [6, 6.07) is 12.9. The number of aromatic hydroxyl groups is 3. The number of rotatable bonds is 17. The maximum atomic E-state index is 16.1. The van der Waals surface area contributed by atoms with E-state index in [1.165, 1.54) is 74.4 Å². The number of ether oxygens (including phenoxy) is 2. The van der Waals surface area contributed by atoms with Crippen molar-refractivity contribution in [2.24, 2.45) is 0 Å². The summed E-state index contributed by atoms with van der Waals surface area (Å²) in [5.74, 6) is -6.33. The summed E-state index contributed by atoms with van der Waals surface area (Å²) in [7, 11) is 0.304. The van der Waals surface area contributed by atoms with Crippen LogP contribution in [0.15, 0.2) is 137 Å². The largest absolute Gasteiger partial charge is 0.569 e. The first-order valence-corrected chi connectivity index (χ1v) is 47.4. The number of pyridine rings is 6. The van der Waals surface area contributed by atoms with E-state index in [0.717, 1.165) is 51.6 Å². The molecule has 31 nitrogen and oxygen atoms in total. The second kappa shape index (κ2) is 43.4. The van der Waals surface area contributed by atoms with Crippen molar-refractivity contribution in [1.82, 2.24) is 73.3 Å². The third kappa shape index (κ3) is 22.4. The van der Waals surface area contributed by atoms with Crippen molar-refractivity contribution in [3.63, 3.8) is 0 Å². The van der Waals surface area contributed by atoms with Crippen LogP contribution in [0, 0.1) is 34.9 Å². The van der Waals surface area contributed by atoms with Crippen molar-refractivity contribution < 1.29 is 75.2 Å². The average molecular weight is 1980 g/mol. The van der Waals surface area contributed by atoms with Crippen LogP contribution in [-0.4, -0.2) is 206 Å². The van der Waals surface area contributed by atoms with Gasteiger partial charge in [0.1, 0.15) is 63.2 Å². The maximum Gasteiger partial charge on any atom is 0.569 e. The molecule has 12 aromatic rings. The molecule has 0 unspecified atom stereocenters. The van der Waals surface area contributed by atoms with Gasteiger partial charge in [-0.1, -0.05) is 119 Å². The summed E-state index contributed by atoms with van der Waals surface area (Å²) in [6.45, 7) is 51.6. The first kappa shape index (κ1) is 107. The van der Waals surface area contributed by atoms with Gasteiger partial charge in [0.05, 0.1) is 44.3 Å². The van der Waals surface area contributed by atoms with Gasteiger partial charge in [-0.3, -0.25) is 19.7 Å². The van der Waals surface area contributed by atoms with Crippen LogP contribution in [0.25, 0.3) is 72.7 Å². The predicted molar refractivity (Wildman–Crippen MR) is 536 cm³/mol. The molecule has 39 heteroatoms. The molecule has 0 aliphatic carbocycles. The number of nitrogens with zero attached hydrogens (tertiary/aromatic N) is 18. The second-order valence-corrected chi connectivity index (χ2v) is 40.0. The minimum Gasteiger partial charge on any atom is -0.533 e. The molecule has 3 aliphatic heterocycles. The van der Waals surface area contributed by atoms with Gasteiger partial charge in [-0.15, -0.1) is 0 Å². The highest BCUT2D eigenvalue weighted by Crippen LogP contribution is 2.44. The highest BCUT2D eigenvalue weighted by atomic mass is 35.5. The van der Waals surface area contributed by atoms with Gasteiger partial charge in [-0.2, -0.15) is 15.0 Å². The molecule has 6 atom stereocenters. The van der Waals surface area contributed by atoms with Crippen molar-refractivity contribution in [3.05, 3.63) is 228 Å². The molecule has 142 heavy (non-hydrogen) atoms. The van der Waals surface area contributed by atoms with Gasteiger partial charge >= 0.3 is 36.9 Å². The summed E-state index contributed by atoms with van der Waals surface area (Å²) in [5, 5.41) is 38.7. The van der Waals surface area contributed by atoms with E-state index in [0.29, 0.717) is 62.1 Å². The monoisotopic (exact) mass is 1980 g/mol. The first-order valence-electron chi connectivity index (χ1n) is 47.0. The number of fused-ring (bicyclic) bond motifs is 3. The molecule has 3 aromatic carbocycles. The number of hydrogen-bond donors (Lipinski definition) is 4. The summed E-state index contributed by atoms with van der Waals surface area (Å²) in [5.41, 5.74) is 1.84. The Hall–Kier alpha value is -13.8.